The van der Waals surface area contributed by atoms with Crippen molar-refractivity contribution in [1.82, 2.24) is 9.55 Å². The van der Waals surface area contributed by atoms with Gasteiger partial charge in [-0.2, -0.15) is 0 Å². The van der Waals surface area contributed by atoms with Gasteiger partial charge in [-0.05, 0) is 0 Å². The molecule has 128 valence electrons. The van der Waals surface area contributed by atoms with Crippen LogP contribution in [0.25, 0.3) is 0 Å². The molecule has 1 aromatic heterocycles. The number of ether oxygens (including phenoxy) is 3. The molecule has 0 bridgehead atoms. The Bertz CT molecular complexity index is 682. The Balaban J connectivity index is 2.36. The molecule has 0 unspecified atom stereocenters. The lowest BCUT2D eigenvalue weighted by atomic mass is 10.1. The molecule has 0 aromatic carbocycles. The van der Waals surface area contributed by atoms with Crippen LogP contribution in [-0.2, 0) is 14.2 Å². The van der Waals surface area contributed by atoms with E-state index in [-0.39, 0.29) is 6.61 Å². The first-order valence-corrected chi connectivity index (χ1v) is 6.54. The summed E-state index contributed by atoms with van der Waals surface area (Å²) >= 11 is 0. The normalized spacial score (nSPS) is 27.1. The number of nitrogens with zero attached hydrogens (tertiary/aromatic N) is 1. The van der Waals surface area contributed by atoms with Crippen LogP contribution in [0, 0.1) is 0 Å². The van der Waals surface area contributed by atoms with Crippen molar-refractivity contribution >= 4 is 5.97 Å². The van der Waals surface area contributed by atoms with Crippen molar-refractivity contribution in [1.29, 1.82) is 0 Å². The quantitative estimate of drug-likeness (QED) is 0.323. The average Bonchev–Trinajstić information content (AvgIpc) is 2.80. The van der Waals surface area contributed by atoms with Crippen molar-refractivity contribution in [3.63, 3.8) is 0 Å². The Hall–Kier alpha value is -2.05. The van der Waals surface area contributed by atoms with Gasteiger partial charge in [0.1, 0.15) is 30.7 Å². The molecule has 0 spiro atoms. The first-order chi connectivity index (χ1) is 10.9. The van der Waals surface area contributed by atoms with Gasteiger partial charge in [-0.3, -0.25) is 14.3 Å². The van der Waals surface area contributed by atoms with E-state index in [1.54, 1.807) is 0 Å². The van der Waals surface area contributed by atoms with Crippen LogP contribution in [0.15, 0.2) is 15.8 Å². The summed E-state index contributed by atoms with van der Waals surface area (Å²) in [5, 5.41) is 28.5. The number of rotatable bonds is 5. The van der Waals surface area contributed by atoms with Gasteiger partial charge in [-0.1, -0.05) is 0 Å². The van der Waals surface area contributed by atoms with E-state index in [0.717, 1.165) is 17.9 Å². The summed E-state index contributed by atoms with van der Waals surface area (Å²) < 4.78 is 15.2. The Morgan fingerprint density at radius 1 is 1.39 bits per heavy atom. The SMILES string of the molecule is COC(=O)c1cn([C@@H]2O[C@H](COCO)[C@@H](O)[C@H]2O)c(=O)[nH]c1=O. The molecule has 1 aliphatic heterocycles. The second kappa shape index (κ2) is 7.02. The summed E-state index contributed by atoms with van der Waals surface area (Å²) in [5.74, 6) is -0.979. The Labute approximate surface area is 128 Å². The van der Waals surface area contributed by atoms with Crippen molar-refractivity contribution < 1.29 is 34.3 Å². The molecule has 0 aliphatic carbocycles. The van der Waals surface area contributed by atoms with E-state index in [4.69, 9.17) is 9.84 Å². The fraction of sp³-hybridized carbons (Fsp3) is 0.583. The maximum Gasteiger partial charge on any atom is 0.345 e. The molecule has 4 N–H and O–H groups in total. The smallest absolute Gasteiger partial charge is 0.345 e. The molecule has 0 amide bonds. The van der Waals surface area contributed by atoms with E-state index in [2.05, 4.69) is 9.47 Å². The summed E-state index contributed by atoms with van der Waals surface area (Å²) in [6.45, 7) is -0.842. The highest BCUT2D eigenvalue weighted by Crippen LogP contribution is 2.28. The zero-order valence-corrected chi connectivity index (χ0v) is 12.0. The van der Waals surface area contributed by atoms with Gasteiger partial charge in [-0.15, -0.1) is 0 Å². The van der Waals surface area contributed by atoms with Crippen LogP contribution in [0.5, 0.6) is 0 Å². The molecule has 23 heavy (non-hydrogen) atoms. The number of H-pyrrole nitrogens is 1. The molecule has 1 aromatic rings. The Kier molecular flexibility index (Phi) is 5.28. The highest BCUT2D eigenvalue weighted by atomic mass is 16.6. The van der Waals surface area contributed by atoms with Crippen molar-refractivity contribution in [2.75, 3.05) is 20.5 Å². The van der Waals surface area contributed by atoms with Crippen molar-refractivity contribution in [2.24, 2.45) is 0 Å². The van der Waals surface area contributed by atoms with Gasteiger partial charge in [-0.25, -0.2) is 9.59 Å². The highest BCUT2D eigenvalue weighted by Gasteiger charge is 2.44. The number of carbonyl (C=O) groups is 1. The standard InChI is InChI=1S/C12H16N2O9/c1-21-11(19)5-2-14(12(20)13-9(5)18)10-8(17)7(16)6(23-10)3-22-4-15/h2,6-8,10,15-17H,3-4H2,1H3,(H,13,18,20)/t6-,7-,8-,10-/m1/s1. The van der Waals surface area contributed by atoms with Crippen molar-refractivity contribution in [2.45, 2.75) is 24.5 Å². The summed E-state index contributed by atoms with van der Waals surface area (Å²) in [6.07, 6.45) is -4.40. The van der Waals surface area contributed by atoms with E-state index >= 15 is 0 Å². The lowest BCUT2D eigenvalue weighted by Gasteiger charge is -2.17. The minimum atomic E-state index is -1.52. The molecule has 11 heteroatoms. The van der Waals surface area contributed by atoms with E-state index in [1.807, 2.05) is 4.98 Å². The zero-order valence-electron chi connectivity index (χ0n) is 12.0. The fourth-order valence-corrected chi connectivity index (χ4v) is 2.20. The molecule has 4 atom stereocenters. The third-order valence-electron chi connectivity index (χ3n) is 3.36. The van der Waals surface area contributed by atoms with Gasteiger partial charge in [0.2, 0.25) is 0 Å². The van der Waals surface area contributed by atoms with Crippen molar-refractivity contribution in [3.05, 3.63) is 32.6 Å². The lowest BCUT2D eigenvalue weighted by Crippen LogP contribution is -2.39. The summed E-state index contributed by atoms with van der Waals surface area (Å²) in [5.41, 5.74) is -2.36. The summed E-state index contributed by atoms with van der Waals surface area (Å²) in [6, 6.07) is 0. The molecule has 1 fully saturated rings. The molecule has 0 saturated carbocycles. The molecular weight excluding hydrogens is 316 g/mol. The Morgan fingerprint density at radius 3 is 2.70 bits per heavy atom. The van der Waals surface area contributed by atoms with Crippen LogP contribution in [0.3, 0.4) is 0 Å². The minimum absolute atomic E-state index is 0.229. The lowest BCUT2D eigenvalue weighted by molar-refractivity contribution is -0.0938. The van der Waals surface area contributed by atoms with Crippen LogP contribution in [0.1, 0.15) is 16.6 Å². The zero-order chi connectivity index (χ0) is 17.1. The second-order valence-electron chi connectivity index (χ2n) is 4.75. The number of aliphatic hydroxyl groups excluding tert-OH is 3. The van der Waals surface area contributed by atoms with E-state index in [1.165, 1.54) is 0 Å². The number of methoxy groups -OCH3 is 1. The number of aliphatic hydroxyl groups is 3. The summed E-state index contributed by atoms with van der Waals surface area (Å²) in [7, 11) is 1.06. The first kappa shape index (κ1) is 17.3. The number of carbonyl (C=O) groups excluding carboxylic acids is 1. The van der Waals surface area contributed by atoms with Gasteiger partial charge in [0.05, 0.1) is 13.7 Å². The summed E-state index contributed by atoms with van der Waals surface area (Å²) in [4.78, 5) is 36.9. The molecule has 2 rings (SSSR count). The third-order valence-corrected chi connectivity index (χ3v) is 3.36. The maximum absolute atomic E-state index is 11.9. The monoisotopic (exact) mass is 332 g/mol. The van der Waals surface area contributed by atoms with Crippen LogP contribution in [-0.4, -0.2) is 69.7 Å². The molecular formula is C12H16N2O9. The van der Waals surface area contributed by atoms with Gasteiger partial charge in [0.25, 0.3) is 5.56 Å². The molecule has 1 aliphatic rings. The number of hydrogen-bond acceptors (Lipinski definition) is 9. The topological polar surface area (TPSA) is 160 Å². The van der Waals surface area contributed by atoms with Gasteiger partial charge >= 0.3 is 11.7 Å². The van der Waals surface area contributed by atoms with Crippen LogP contribution < -0.4 is 11.2 Å². The molecule has 1 saturated heterocycles. The predicted molar refractivity (Wildman–Crippen MR) is 71.6 cm³/mol. The van der Waals surface area contributed by atoms with Crippen LogP contribution >= 0.6 is 0 Å². The molecule has 11 nitrogen and oxygen atoms in total. The fourth-order valence-electron chi connectivity index (χ4n) is 2.20. The number of nitrogens with one attached hydrogen (secondary N) is 1. The van der Waals surface area contributed by atoms with E-state index in [9.17, 15) is 24.6 Å². The Morgan fingerprint density at radius 2 is 2.09 bits per heavy atom. The van der Waals surface area contributed by atoms with Gasteiger partial charge in [0, 0.05) is 6.20 Å². The van der Waals surface area contributed by atoms with E-state index < -0.39 is 54.1 Å². The third kappa shape index (κ3) is 3.33. The number of esters is 1. The van der Waals surface area contributed by atoms with Gasteiger partial charge < -0.3 is 29.5 Å². The van der Waals surface area contributed by atoms with Crippen LogP contribution in [0.4, 0.5) is 0 Å². The highest BCUT2D eigenvalue weighted by molar-refractivity contribution is 5.88. The first-order valence-electron chi connectivity index (χ1n) is 6.54. The molecule has 0 radical (unpaired) electrons. The average molecular weight is 332 g/mol. The number of hydrogen-bond donors (Lipinski definition) is 4. The van der Waals surface area contributed by atoms with E-state index in [0.29, 0.717) is 0 Å². The number of aromatic amines is 1. The largest absolute Gasteiger partial charge is 0.465 e. The minimum Gasteiger partial charge on any atom is -0.465 e. The predicted octanol–water partition coefficient (Wildman–Crippen LogP) is -3.09. The molecule has 2 heterocycles. The number of aromatic nitrogens is 2. The van der Waals surface area contributed by atoms with Gasteiger partial charge in [0.15, 0.2) is 6.23 Å². The van der Waals surface area contributed by atoms with Crippen LogP contribution in [0.2, 0.25) is 0 Å². The second-order valence-corrected chi connectivity index (χ2v) is 4.75. The van der Waals surface area contributed by atoms with Crippen molar-refractivity contribution in [3.8, 4) is 0 Å². The maximum atomic E-state index is 11.9.